The fourth-order valence-corrected chi connectivity index (χ4v) is 5.46. The summed E-state index contributed by atoms with van der Waals surface area (Å²) in [4.78, 5) is -0.0845. The fraction of sp³-hybridized carbons (Fsp3) is 0.0714. The molecule has 0 radical (unpaired) electrons. The maximum Gasteiger partial charge on any atom is 0.266 e. The highest BCUT2D eigenvalue weighted by atomic mass is 79.9. The Morgan fingerprint density at radius 3 is 2.32 bits per heavy atom. The molecule has 0 fully saturated rings. The molecule has 0 saturated heterocycles. The number of sulfonamides is 1. The molecular weight excluding hydrogens is 439 g/mol. The summed E-state index contributed by atoms with van der Waals surface area (Å²) < 4.78 is 40.1. The van der Waals surface area contributed by atoms with Gasteiger partial charge in [0.25, 0.3) is 10.0 Å². The van der Waals surface area contributed by atoms with Gasteiger partial charge < -0.3 is 0 Å². The Bertz CT molecular complexity index is 856. The summed E-state index contributed by atoms with van der Waals surface area (Å²) in [6, 6.07) is 10.3. The van der Waals surface area contributed by atoms with Crippen molar-refractivity contribution in [2.24, 2.45) is 0 Å². The van der Waals surface area contributed by atoms with Crippen molar-refractivity contribution in [3.8, 4) is 6.07 Å². The minimum Gasteiger partial charge on any atom is -0.269 e. The lowest BCUT2D eigenvalue weighted by Gasteiger charge is -2.21. The summed E-state index contributed by atoms with van der Waals surface area (Å²) in [5, 5.41) is 8.91. The van der Waals surface area contributed by atoms with Crippen LogP contribution in [0.3, 0.4) is 0 Å². The first-order valence-electron chi connectivity index (χ1n) is 5.91. The fourth-order valence-electron chi connectivity index (χ4n) is 1.82. The van der Waals surface area contributed by atoms with Crippen LogP contribution in [-0.4, -0.2) is 15.5 Å². The molecule has 2 aromatic rings. The molecule has 0 spiro atoms. The first kappa shape index (κ1) is 16.9. The molecule has 8 heteroatoms. The maximum absolute atomic E-state index is 13.3. The van der Waals surface area contributed by atoms with Gasteiger partial charge in [-0.1, -0.05) is 6.07 Å². The lowest BCUT2D eigenvalue weighted by Crippen LogP contribution is -2.27. The largest absolute Gasteiger partial charge is 0.269 e. The monoisotopic (exact) mass is 446 g/mol. The quantitative estimate of drug-likeness (QED) is 0.713. The summed E-state index contributed by atoms with van der Waals surface area (Å²) in [5.74, 6) is -0.563. The molecular formula is C14H9Br2FN2O2S. The van der Waals surface area contributed by atoms with Gasteiger partial charge in [-0.2, -0.15) is 5.26 Å². The van der Waals surface area contributed by atoms with Crippen LogP contribution in [0.5, 0.6) is 0 Å². The van der Waals surface area contributed by atoms with Crippen LogP contribution in [0.1, 0.15) is 5.56 Å². The summed E-state index contributed by atoms with van der Waals surface area (Å²) in [6.07, 6.45) is 0. The topological polar surface area (TPSA) is 61.2 Å². The normalized spacial score (nSPS) is 11.0. The minimum absolute atomic E-state index is 0.0845. The molecule has 4 nitrogen and oxygen atoms in total. The molecule has 2 rings (SSSR count). The number of hydrogen-bond donors (Lipinski definition) is 0. The highest BCUT2D eigenvalue weighted by molar-refractivity contribution is 9.11. The molecule has 0 atom stereocenters. The first-order chi connectivity index (χ1) is 10.3. The summed E-state index contributed by atoms with van der Waals surface area (Å²) >= 11 is 6.15. The van der Waals surface area contributed by atoms with E-state index in [4.69, 9.17) is 5.26 Å². The highest BCUT2D eigenvalue weighted by Gasteiger charge is 2.27. The van der Waals surface area contributed by atoms with Gasteiger partial charge in [-0.3, -0.25) is 4.31 Å². The van der Waals surface area contributed by atoms with Gasteiger partial charge in [-0.05, 0) is 62.2 Å². The van der Waals surface area contributed by atoms with Crippen molar-refractivity contribution in [3.63, 3.8) is 0 Å². The summed E-state index contributed by atoms with van der Waals surface area (Å²) in [5.41, 5.74) is 0.680. The predicted molar refractivity (Wildman–Crippen MR) is 88.5 cm³/mol. The third-order valence-electron chi connectivity index (χ3n) is 2.92. The summed E-state index contributed by atoms with van der Waals surface area (Å²) in [6.45, 7) is 0. The van der Waals surface area contributed by atoms with Crippen LogP contribution in [0.15, 0.2) is 50.2 Å². The van der Waals surface area contributed by atoms with Gasteiger partial charge in [-0.25, -0.2) is 12.8 Å². The Hall–Kier alpha value is -1.43. The number of rotatable bonds is 3. The van der Waals surface area contributed by atoms with E-state index in [-0.39, 0.29) is 13.8 Å². The van der Waals surface area contributed by atoms with E-state index in [1.807, 2.05) is 6.07 Å². The Morgan fingerprint density at radius 1 is 1.18 bits per heavy atom. The van der Waals surface area contributed by atoms with Crippen molar-refractivity contribution >= 4 is 47.6 Å². The van der Waals surface area contributed by atoms with Crippen molar-refractivity contribution in [1.29, 1.82) is 5.26 Å². The molecule has 0 amide bonds. The number of nitrogens with zero attached hydrogens (tertiary/aromatic N) is 2. The highest BCUT2D eigenvalue weighted by Crippen LogP contribution is 2.34. The van der Waals surface area contributed by atoms with Crippen LogP contribution in [0.25, 0.3) is 0 Å². The van der Waals surface area contributed by atoms with E-state index < -0.39 is 15.8 Å². The maximum atomic E-state index is 13.3. The molecule has 22 heavy (non-hydrogen) atoms. The molecule has 0 unspecified atom stereocenters. The number of nitriles is 1. The molecule has 0 bridgehead atoms. The molecule has 0 aliphatic rings. The van der Waals surface area contributed by atoms with Crippen molar-refractivity contribution in [3.05, 3.63) is 56.7 Å². The van der Waals surface area contributed by atoms with E-state index in [1.54, 1.807) is 18.2 Å². The molecule has 0 saturated carbocycles. The van der Waals surface area contributed by atoms with Gasteiger partial charge in [0.2, 0.25) is 0 Å². The van der Waals surface area contributed by atoms with Gasteiger partial charge in [0.1, 0.15) is 10.7 Å². The van der Waals surface area contributed by atoms with Crippen molar-refractivity contribution < 1.29 is 12.8 Å². The SMILES string of the molecule is CN(c1cccc(C#N)c1)S(=O)(=O)c1c(Br)cc(F)cc1Br. The van der Waals surface area contributed by atoms with Crippen LogP contribution in [0.4, 0.5) is 10.1 Å². The van der Waals surface area contributed by atoms with Gasteiger partial charge in [-0.15, -0.1) is 0 Å². The zero-order valence-electron chi connectivity index (χ0n) is 11.2. The smallest absolute Gasteiger partial charge is 0.266 e. The van der Waals surface area contributed by atoms with E-state index in [0.29, 0.717) is 11.3 Å². The van der Waals surface area contributed by atoms with E-state index in [1.165, 1.54) is 13.1 Å². The third-order valence-corrected chi connectivity index (χ3v) is 6.58. The Balaban J connectivity index is 2.58. The molecule has 2 aromatic carbocycles. The molecule has 114 valence electrons. The van der Waals surface area contributed by atoms with Crippen LogP contribution in [0, 0.1) is 17.1 Å². The summed E-state index contributed by atoms with van der Waals surface area (Å²) in [7, 11) is -2.56. The molecule has 0 aliphatic carbocycles. The van der Waals surface area contributed by atoms with Gasteiger partial charge in [0.05, 0.1) is 17.3 Å². The second kappa shape index (κ2) is 6.36. The minimum atomic E-state index is -3.93. The average molecular weight is 448 g/mol. The number of benzene rings is 2. The van der Waals surface area contributed by atoms with Crippen molar-refractivity contribution in [2.75, 3.05) is 11.4 Å². The number of anilines is 1. The van der Waals surface area contributed by atoms with Crippen molar-refractivity contribution in [2.45, 2.75) is 4.90 Å². The van der Waals surface area contributed by atoms with Crippen LogP contribution >= 0.6 is 31.9 Å². The zero-order valence-corrected chi connectivity index (χ0v) is 15.2. The van der Waals surface area contributed by atoms with Crippen LogP contribution in [0.2, 0.25) is 0 Å². The number of halogens is 3. The van der Waals surface area contributed by atoms with E-state index in [2.05, 4.69) is 31.9 Å². The Labute approximate surface area is 144 Å². The van der Waals surface area contributed by atoms with Gasteiger partial charge in [0.15, 0.2) is 0 Å². The third kappa shape index (κ3) is 3.16. The Kier molecular flexibility index (Phi) is 4.90. The predicted octanol–water partition coefficient (Wildman–Crippen LogP) is 4.05. The lowest BCUT2D eigenvalue weighted by atomic mass is 10.2. The molecule has 0 aromatic heterocycles. The second-order valence-corrected chi connectivity index (χ2v) is 7.95. The van der Waals surface area contributed by atoms with Gasteiger partial charge in [0, 0.05) is 16.0 Å². The zero-order chi connectivity index (χ0) is 16.5. The van der Waals surface area contributed by atoms with Crippen molar-refractivity contribution in [1.82, 2.24) is 0 Å². The molecule has 0 heterocycles. The standard InChI is InChI=1S/C14H9Br2FN2O2S/c1-19(11-4-2-3-9(5-11)8-18)22(20,21)14-12(15)6-10(17)7-13(14)16/h2-7H,1H3. The van der Waals surface area contributed by atoms with E-state index in [9.17, 15) is 12.8 Å². The van der Waals surface area contributed by atoms with Gasteiger partial charge >= 0.3 is 0 Å². The average Bonchev–Trinajstić information content (AvgIpc) is 2.45. The van der Waals surface area contributed by atoms with E-state index in [0.717, 1.165) is 16.4 Å². The molecule has 0 N–H and O–H groups in total. The number of hydrogen-bond acceptors (Lipinski definition) is 3. The van der Waals surface area contributed by atoms with Crippen LogP contribution in [-0.2, 0) is 10.0 Å². The Morgan fingerprint density at radius 2 is 1.77 bits per heavy atom. The lowest BCUT2D eigenvalue weighted by molar-refractivity contribution is 0.591. The first-order valence-corrected chi connectivity index (χ1v) is 8.93. The van der Waals surface area contributed by atoms with Crippen LogP contribution < -0.4 is 4.31 Å². The van der Waals surface area contributed by atoms with E-state index >= 15 is 0 Å². The molecule has 0 aliphatic heterocycles. The second-order valence-electron chi connectivity index (χ2n) is 4.33.